The van der Waals surface area contributed by atoms with Gasteiger partial charge in [0.25, 0.3) is 0 Å². The second kappa shape index (κ2) is 8.26. The Balaban J connectivity index is 0.00000261. The van der Waals surface area contributed by atoms with Crippen molar-refractivity contribution in [2.75, 3.05) is 24.7 Å². The molecule has 2 heterocycles. The van der Waals surface area contributed by atoms with Crippen LogP contribution in [-0.4, -0.2) is 43.4 Å². The SMILES string of the molecule is Cc1ccc(-c2csc(NC(=O)C3(S(C)(=O)=O)CCNCC3)n2)cc1C.Cl. The van der Waals surface area contributed by atoms with Gasteiger partial charge in [-0.05, 0) is 57.0 Å². The molecule has 9 heteroatoms. The number of thiazole rings is 1. The first-order valence-electron chi connectivity index (χ1n) is 8.48. The average Bonchev–Trinajstić information content (AvgIpc) is 3.05. The molecule has 0 unspecified atom stereocenters. The molecule has 27 heavy (non-hydrogen) atoms. The number of benzene rings is 1. The van der Waals surface area contributed by atoms with Crippen molar-refractivity contribution in [1.29, 1.82) is 0 Å². The normalized spacial score (nSPS) is 16.4. The number of piperidine rings is 1. The van der Waals surface area contributed by atoms with Gasteiger partial charge in [0.05, 0.1) is 5.69 Å². The maximum absolute atomic E-state index is 12.8. The maximum Gasteiger partial charge on any atom is 0.247 e. The highest BCUT2D eigenvalue weighted by molar-refractivity contribution is 7.92. The summed E-state index contributed by atoms with van der Waals surface area (Å²) in [6.07, 6.45) is 1.68. The first-order chi connectivity index (χ1) is 12.2. The molecule has 6 nitrogen and oxygen atoms in total. The van der Waals surface area contributed by atoms with Crippen molar-refractivity contribution in [3.8, 4) is 11.3 Å². The third-order valence-electron chi connectivity index (χ3n) is 5.06. The summed E-state index contributed by atoms with van der Waals surface area (Å²) in [5.41, 5.74) is 4.13. The fourth-order valence-electron chi connectivity index (χ4n) is 3.17. The predicted octanol–water partition coefficient (Wildman–Crippen LogP) is 2.95. The van der Waals surface area contributed by atoms with Gasteiger partial charge in [0.1, 0.15) is 0 Å². The van der Waals surface area contributed by atoms with Gasteiger partial charge >= 0.3 is 0 Å². The molecule has 0 bridgehead atoms. The highest BCUT2D eigenvalue weighted by atomic mass is 35.5. The molecule has 2 aromatic rings. The Hall–Kier alpha value is -1.48. The van der Waals surface area contributed by atoms with Crippen LogP contribution >= 0.6 is 23.7 Å². The van der Waals surface area contributed by atoms with Crippen LogP contribution in [0.2, 0.25) is 0 Å². The number of aryl methyl sites for hydroxylation is 2. The molecule has 0 aliphatic carbocycles. The second-order valence-electron chi connectivity index (χ2n) is 6.81. The number of aromatic nitrogens is 1. The lowest BCUT2D eigenvalue weighted by molar-refractivity contribution is -0.119. The average molecular weight is 430 g/mol. The quantitative estimate of drug-likeness (QED) is 0.780. The molecular weight excluding hydrogens is 406 g/mol. The van der Waals surface area contributed by atoms with E-state index in [1.54, 1.807) is 0 Å². The molecule has 1 fully saturated rings. The zero-order valence-corrected chi connectivity index (χ0v) is 18.0. The fraction of sp³-hybridized carbons (Fsp3) is 0.444. The van der Waals surface area contributed by atoms with E-state index in [2.05, 4.69) is 28.6 Å². The van der Waals surface area contributed by atoms with E-state index in [-0.39, 0.29) is 25.2 Å². The summed E-state index contributed by atoms with van der Waals surface area (Å²) in [4.78, 5) is 17.3. The largest absolute Gasteiger partial charge is 0.317 e. The van der Waals surface area contributed by atoms with Crippen molar-refractivity contribution in [3.05, 3.63) is 34.7 Å². The fourth-order valence-corrected chi connectivity index (χ4v) is 5.22. The zero-order chi connectivity index (χ0) is 18.9. The molecule has 0 radical (unpaired) electrons. The topological polar surface area (TPSA) is 88.2 Å². The van der Waals surface area contributed by atoms with Crippen LogP contribution in [0.15, 0.2) is 23.6 Å². The molecular formula is C18H24ClN3O3S2. The number of hydrogen-bond acceptors (Lipinski definition) is 6. The van der Waals surface area contributed by atoms with Crippen molar-refractivity contribution in [2.24, 2.45) is 0 Å². The second-order valence-corrected chi connectivity index (χ2v) is 9.99. The van der Waals surface area contributed by atoms with Gasteiger partial charge < -0.3 is 10.6 Å². The number of anilines is 1. The van der Waals surface area contributed by atoms with E-state index in [0.29, 0.717) is 18.2 Å². The lowest BCUT2D eigenvalue weighted by atomic mass is 9.96. The van der Waals surface area contributed by atoms with E-state index >= 15 is 0 Å². The van der Waals surface area contributed by atoms with Crippen LogP contribution in [0.3, 0.4) is 0 Å². The Bertz CT molecular complexity index is 935. The summed E-state index contributed by atoms with van der Waals surface area (Å²) in [7, 11) is -3.54. The minimum absolute atomic E-state index is 0. The summed E-state index contributed by atoms with van der Waals surface area (Å²) in [5, 5.41) is 8.14. The van der Waals surface area contributed by atoms with Gasteiger partial charge in [0.2, 0.25) is 5.91 Å². The smallest absolute Gasteiger partial charge is 0.247 e. The summed E-state index contributed by atoms with van der Waals surface area (Å²) < 4.78 is 23.3. The van der Waals surface area contributed by atoms with Crippen LogP contribution in [0, 0.1) is 13.8 Å². The minimum atomic E-state index is -3.54. The molecule has 0 atom stereocenters. The molecule has 0 spiro atoms. The van der Waals surface area contributed by atoms with Crippen molar-refractivity contribution in [3.63, 3.8) is 0 Å². The van der Waals surface area contributed by atoms with Crippen LogP contribution < -0.4 is 10.6 Å². The molecule has 2 N–H and O–H groups in total. The standard InChI is InChI=1S/C18H23N3O3S2.ClH/c1-12-4-5-14(10-13(12)2)15-11-25-17(20-15)21-16(22)18(26(3,23)24)6-8-19-9-7-18;/h4-5,10-11,19H,6-9H2,1-3H3,(H,20,21,22);1H. The Morgan fingerprint density at radius 1 is 1.22 bits per heavy atom. The first kappa shape index (κ1) is 21.8. The van der Waals surface area contributed by atoms with E-state index in [4.69, 9.17) is 0 Å². The van der Waals surface area contributed by atoms with Gasteiger partial charge in [-0.2, -0.15) is 0 Å². The lowest BCUT2D eigenvalue weighted by Gasteiger charge is -2.33. The van der Waals surface area contributed by atoms with Gasteiger partial charge in [0.15, 0.2) is 19.7 Å². The highest BCUT2D eigenvalue weighted by Gasteiger charge is 2.48. The Morgan fingerprint density at radius 3 is 2.48 bits per heavy atom. The Kier molecular flexibility index (Phi) is 6.68. The van der Waals surface area contributed by atoms with E-state index in [1.165, 1.54) is 22.5 Å². The van der Waals surface area contributed by atoms with Gasteiger partial charge in [-0.25, -0.2) is 13.4 Å². The third-order valence-corrected chi connectivity index (χ3v) is 7.83. The third kappa shape index (κ3) is 4.34. The summed E-state index contributed by atoms with van der Waals surface area (Å²) in [5.74, 6) is -0.484. The van der Waals surface area contributed by atoms with Crippen LogP contribution in [0.5, 0.6) is 0 Å². The molecule has 1 aromatic heterocycles. The number of hydrogen-bond donors (Lipinski definition) is 2. The van der Waals surface area contributed by atoms with Crippen molar-refractivity contribution in [2.45, 2.75) is 31.4 Å². The number of nitrogens with zero attached hydrogens (tertiary/aromatic N) is 1. The van der Waals surface area contributed by atoms with Crippen molar-refractivity contribution < 1.29 is 13.2 Å². The molecule has 1 aliphatic heterocycles. The molecule has 1 saturated heterocycles. The van der Waals surface area contributed by atoms with Gasteiger partial charge in [-0.15, -0.1) is 23.7 Å². The molecule has 148 valence electrons. The number of rotatable bonds is 4. The van der Waals surface area contributed by atoms with Gasteiger partial charge in [-0.3, -0.25) is 4.79 Å². The first-order valence-corrected chi connectivity index (χ1v) is 11.2. The van der Waals surface area contributed by atoms with E-state index < -0.39 is 20.5 Å². The van der Waals surface area contributed by atoms with Crippen LogP contribution in [0.25, 0.3) is 11.3 Å². The predicted molar refractivity (Wildman–Crippen MR) is 113 cm³/mol. The summed E-state index contributed by atoms with van der Waals surface area (Å²) in [6.45, 7) is 5.11. The summed E-state index contributed by atoms with van der Waals surface area (Å²) in [6, 6.07) is 6.09. The van der Waals surface area contributed by atoms with Crippen molar-refractivity contribution >= 4 is 44.6 Å². The number of sulfone groups is 1. The lowest BCUT2D eigenvalue weighted by Crippen LogP contribution is -2.55. The number of amides is 1. The number of carbonyl (C=O) groups excluding carboxylic acids is 1. The number of nitrogens with one attached hydrogen (secondary N) is 2. The van der Waals surface area contributed by atoms with E-state index in [0.717, 1.165) is 17.5 Å². The van der Waals surface area contributed by atoms with Crippen LogP contribution in [-0.2, 0) is 14.6 Å². The minimum Gasteiger partial charge on any atom is -0.317 e. The Labute approximate surface area is 170 Å². The molecule has 1 aromatic carbocycles. The molecule has 1 amide bonds. The van der Waals surface area contributed by atoms with Gasteiger partial charge in [-0.1, -0.05) is 12.1 Å². The van der Waals surface area contributed by atoms with E-state index in [9.17, 15) is 13.2 Å². The summed E-state index contributed by atoms with van der Waals surface area (Å²) >= 11 is 1.30. The molecule has 1 aliphatic rings. The van der Waals surface area contributed by atoms with E-state index in [1.807, 2.05) is 24.4 Å². The number of halogens is 1. The maximum atomic E-state index is 12.8. The zero-order valence-electron chi connectivity index (χ0n) is 15.5. The molecule has 0 saturated carbocycles. The number of carbonyl (C=O) groups is 1. The highest BCUT2D eigenvalue weighted by Crippen LogP contribution is 2.31. The van der Waals surface area contributed by atoms with Gasteiger partial charge in [0, 0.05) is 17.2 Å². The van der Waals surface area contributed by atoms with Crippen molar-refractivity contribution in [1.82, 2.24) is 10.3 Å². The van der Waals surface area contributed by atoms with Crippen LogP contribution in [0.4, 0.5) is 5.13 Å². The Morgan fingerprint density at radius 2 is 1.89 bits per heavy atom. The molecule has 3 rings (SSSR count). The monoisotopic (exact) mass is 429 g/mol. The van der Waals surface area contributed by atoms with Crippen LogP contribution in [0.1, 0.15) is 24.0 Å².